The van der Waals surface area contributed by atoms with Crippen LogP contribution in [0, 0.1) is 12.3 Å². The first-order chi connectivity index (χ1) is 13.1. The largest absolute Gasteiger partial charge is 0.353 e. The highest BCUT2D eigenvalue weighted by Crippen LogP contribution is 2.68. The summed E-state index contributed by atoms with van der Waals surface area (Å²) in [4.78, 5) is 2.75. The van der Waals surface area contributed by atoms with Gasteiger partial charge in [-0.25, -0.2) is 0 Å². The fraction of sp³-hybridized carbons (Fsp3) is 0.462. The van der Waals surface area contributed by atoms with Gasteiger partial charge in [0.2, 0.25) is 0 Å². The highest BCUT2D eigenvalue weighted by molar-refractivity contribution is 5.90. The lowest BCUT2D eigenvalue weighted by atomic mass is 9.52. The monoisotopic (exact) mass is 372 g/mol. The average molecular weight is 373 g/mol. The minimum Gasteiger partial charge on any atom is -0.353 e. The molecule has 1 aromatic heterocycles. The zero-order valence-electron chi connectivity index (χ0n) is 18.5. The molecule has 0 N–H and O–H groups in total. The summed E-state index contributed by atoms with van der Waals surface area (Å²) in [5, 5.41) is 1.41. The second-order valence-electron chi connectivity index (χ2n) is 10.2. The Kier molecular flexibility index (Phi) is 3.21. The van der Waals surface area contributed by atoms with E-state index in [-0.39, 0.29) is 16.4 Å². The smallest absolute Gasteiger partial charge is 0.0844 e. The summed E-state index contributed by atoms with van der Waals surface area (Å²) in [6.07, 6.45) is 0. The molecule has 0 bridgehead atoms. The van der Waals surface area contributed by atoms with Crippen molar-refractivity contribution in [3.05, 3.63) is 64.8 Å². The predicted octanol–water partition coefficient (Wildman–Crippen LogP) is 6.60. The number of anilines is 1. The van der Waals surface area contributed by atoms with Crippen molar-refractivity contribution in [3.63, 3.8) is 0 Å². The maximum Gasteiger partial charge on any atom is 0.0844 e. The van der Waals surface area contributed by atoms with Crippen LogP contribution in [0.2, 0.25) is 0 Å². The summed E-state index contributed by atoms with van der Waals surface area (Å²) < 4.78 is 2.47. The van der Waals surface area contributed by atoms with Crippen molar-refractivity contribution in [1.29, 1.82) is 0 Å². The molecule has 5 rings (SSSR count). The number of aryl methyl sites for hydroxylation is 2. The number of rotatable bonds is 0. The second-order valence-corrected chi connectivity index (χ2v) is 10.2. The summed E-state index contributed by atoms with van der Waals surface area (Å²) in [6.45, 7) is 17.0. The van der Waals surface area contributed by atoms with Crippen LogP contribution >= 0.6 is 0 Å². The van der Waals surface area contributed by atoms with Gasteiger partial charge in [-0.15, -0.1) is 0 Å². The van der Waals surface area contributed by atoms with E-state index >= 15 is 0 Å². The fourth-order valence-electron chi connectivity index (χ4n) is 6.51. The molecule has 0 spiro atoms. The van der Waals surface area contributed by atoms with E-state index < -0.39 is 0 Å². The maximum absolute atomic E-state index is 2.75. The first kappa shape index (κ1) is 17.8. The number of hydrogen-bond donors (Lipinski definition) is 0. The first-order valence-electron chi connectivity index (χ1n) is 10.5. The van der Waals surface area contributed by atoms with Gasteiger partial charge in [0.25, 0.3) is 0 Å². The lowest BCUT2D eigenvalue weighted by Crippen LogP contribution is -2.62. The third-order valence-electron chi connectivity index (χ3n) is 8.83. The summed E-state index contributed by atoms with van der Waals surface area (Å²) >= 11 is 0. The summed E-state index contributed by atoms with van der Waals surface area (Å²) in [5.74, 6) is 0. The van der Waals surface area contributed by atoms with Crippen LogP contribution in [-0.2, 0) is 18.0 Å². The number of nitrogens with zero attached hydrogens (tertiary/aromatic N) is 2. The molecular formula is C26H32N2. The number of benzene rings is 2. The fourth-order valence-corrected chi connectivity index (χ4v) is 6.51. The lowest BCUT2D eigenvalue weighted by molar-refractivity contribution is 0.0608. The van der Waals surface area contributed by atoms with E-state index in [0.29, 0.717) is 6.04 Å². The molecule has 2 unspecified atom stereocenters. The minimum absolute atomic E-state index is 0.0441. The molecular weight excluding hydrogens is 340 g/mol. The van der Waals surface area contributed by atoms with Crippen LogP contribution in [0.15, 0.2) is 42.5 Å². The third-order valence-corrected chi connectivity index (χ3v) is 8.83. The number of aromatic nitrogens is 1. The number of hydrogen-bond acceptors (Lipinski definition) is 1. The van der Waals surface area contributed by atoms with E-state index in [1.165, 1.54) is 39.0 Å². The number of para-hydroxylation sites is 2. The van der Waals surface area contributed by atoms with Crippen molar-refractivity contribution >= 4 is 16.6 Å². The molecule has 2 aromatic carbocycles. The molecule has 146 valence electrons. The third kappa shape index (κ3) is 1.64. The van der Waals surface area contributed by atoms with Gasteiger partial charge in [0, 0.05) is 40.3 Å². The second kappa shape index (κ2) is 5.03. The van der Waals surface area contributed by atoms with E-state index in [4.69, 9.17) is 0 Å². The molecule has 0 amide bonds. The van der Waals surface area contributed by atoms with Gasteiger partial charge in [-0.3, -0.25) is 0 Å². The standard InChI is InChI=1S/C26H32N2/c1-16-12-11-14-19-22(16)28-17(2)21-18-13-9-10-15-20(18)27(8)23(21)26(28,7)25(5,6)24(19,3)4/h9-15,17H,1-8H3. The molecule has 2 aliphatic heterocycles. The highest BCUT2D eigenvalue weighted by Gasteiger charge is 2.65. The summed E-state index contributed by atoms with van der Waals surface area (Å²) in [6, 6.07) is 16.1. The first-order valence-corrected chi connectivity index (χ1v) is 10.5. The quantitative estimate of drug-likeness (QED) is 0.431. The summed E-state index contributed by atoms with van der Waals surface area (Å²) in [5.41, 5.74) is 8.69. The number of fused-ring (bicyclic) bond motifs is 7. The van der Waals surface area contributed by atoms with Crippen LogP contribution in [0.3, 0.4) is 0 Å². The van der Waals surface area contributed by atoms with E-state index in [1.807, 2.05) is 0 Å². The van der Waals surface area contributed by atoms with E-state index in [1.54, 1.807) is 0 Å². The van der Waals surface area contributed by atoms with Crippen LogP contribution in [0.25, 0.3) is 10.9 Å². The molecule has 0 fully saturated rings. The molecule has 0 aliphatic carbocycles. The molecule has 0 radical (unpaired) electrons. The molecule has 2 nitrogen and oxygen atoms in total. The Balaban J connectivity index is 1.97. The molecule has 2 heteroatoms. The zero-order valence-corrected chi connectivity index (χ0v) is 18.5. The Morgan fingerprint density at radius 2 is 1.57 bits per heavy atom. The SMILES string of the molecule is Cc1cccc2c1N1C(C)c3c(n(C)c4ccccc34)C1(C)C(C)(C)C2(C)C. The Hall–Kier alpha value is -2.22. The van der Waals surface area contributed by atoms with Crippen LogP contribution in [-0.4, -0.2) is 4.57 Å². The van der Waals surface area contributed by atoms with E-state index in [9.17, 15) is 0 Å². The predicted molar refractivity (Wildman–Crippen MR) is 119 cm³/mol. The van der Waals surface area contributed by atoms with Gasteiger partial charge in [0.05, 0.1) is 11.6 Å². The van der Waals surface area contributed by atoms with Crippen LogP contribution in [0.1, 0.15) is 70.0 Å². The molecule has 28 heavy (non-hydrogen) atoms. The Bertz CT molecular complexity index is 1130. The van der Waals surface area contributed by atoms with Crippen LogP contribution in [0.4, 0.5) is 5.69 Å². The van der Waals surface area contributed by atoms with E-state index in [0.717, 1.165) is 0 Å². The Labute approximate surface area is 169 Å². The van der Waals surface area contributed by atoms with E-state index in [2.05, 4.69) is 107 Å². The maximum atomic E-state index is 2.75. The van der Waals surface area contributed by atoms with Crippen LogP contribution in [0.5, 0.6) is 0 Å². The van der Waals surface area contributed by atoms with Gasteiger partial charge in [0.1, 0.15) is 0 Å². The topological polar surface area (TPSA) is 8.17 Å². The molecule has 0 saturated heterocycles. The summed E-state index contributed by atoms with van der Waals surface area (Å²) in [7, 11) is 2.26. The normalized spacial score (nSPS) is 26.9. The minimum atomic E-state index is -0.0852. The molecule has 0 saturated carbocycles. The van der Waals surface area contributed by atoms with Gasteiger partial charge in [-0.1, -0.05) is 64.1 Å². The molecule has 3 heterocycles. The Morgan fingerprint density at radius 3 is 2.29 bits per heavy atom. The average Bonchev–Trinajstić information content (AvgIpc) is 3.07. The van der Waals surface area contributed by atoms with Crippen molar-refractivity contribution in [1.82, 2.24) is 4.57 Å². The lowest BCUT2D eigenvalue weighted by Gasteiger charge is -2.62. The van der Waals surface area contributed by atoms with Crippen molar-refractivity contribution < 1.29 is 0 Å². The van der Waals surface area contributed by atoms with Crippen molar-refractivity contribution in [2.45, 2.75) is 65.5 Å². The van der Waals surface area contributed by atoms with Gasteiger partial charge < -0.3 is 9.47 Å². The van der Waals surface area contributed by atoms with Crippen molar-refractivity contribution in [2.75, 3.05) is 4.90 Å². The van der Waals surface area contributed by atoms with Crippen LogP contribution < -0.4 is 4.90 Å². The van der Waals surface area contributed by atoms with Gasteiger partial charge in [-0.2, -0.15) is 0 Å². The van der Waals surface area contributed by atoms with Crippen molar-refractivity contribution in [3.8, 4) is 0 Å². The zero-order chi connectivity index (χ0) is 20.2. The van der Waals surface area contributed by atoms with Gasteiger partial charge in [0.15, 0.2) is 0 Å². The molecule has 2 aliphatic rings. The van der Waals surface area contributed by atoms with Gasteiger partial charge >= 0.3 is 0 Å². The molecule has 2 atom stereocenters. The highest BCUT2D eigenvalue weighted by atomic mass is 15.3. The van der Waals surface area contributed by atoms with Crippen molar-refractivity contribution in [2.24, 2.45) is 12.5 Å². The Morgan fingerprint density at radius 1 is 0.893 bits per heavy atom. The van der Waals surface area contributed by atoms with Gasteiger partial charge in [-0.05, 0) is 43.4 Å². The molecule has 3 aromatic rings.